The lowest BCUT2D eigenvalue weighted by molar-refractivity contribution is 0.1000. The number of amidine groups is 1. The van der Waals surface area contributed by atoms with E-state index in [1.165, 1.54) is 0 Å². The first-order chi connectivity index (χ1) is 14.0. The van der Waals surface area contributed by atoms with Crippen molar-refractivity contribution >= 4 is 35.3 Å². The van der Waals surface area contributed by atoms with Crippen LogP contribution in [0.2, 0.25) is 0 Å². The Bertz CT molecular complexity index is 1080. The van der Waals surface area contributed by atoms with Gasteiger partial charge in [-0.15, -0.1) is 0 Å². The highest BCUT2D eigenvalue weighted by molar-refractivity contribution is 6.38. The van der Waals surface area contributed by atoms with E-state index in [4.69, 9.17) is 20.3 Å². The van der Waals surface area contributed by atoms with Crippen LogP contribution in [0.15, 0.2) is 70.0 Å². The van der Waals surface area contributed by atoms with E-state index in [-0.39, 0.29) is 4.59 Å². The van der Waals surface area contributed by atoms with Gasteiger partial charge < -0.3 is 20.5 Å². The first kappa shape index (κ1) is 18.4. The molecule has 0 aromatic heterocycles. The Morgan fingerprint density at radius 3 is 2.55 bits per heavy atom. The molecule has 2 aliphatic heterocycles. The van der Waals surface area contributed by atoms with Gasteiger partial charge in [0.25, 0.3) is 11.8 Å². The van der Waals surface area contributed by atoms with Crippen molar-refractivity contribution in [3.63, 3.8) is 0 Å². The Morgan fingerprint density at radius 2 is 1.86 bits per heavy atom. The summed E-state index contributed by atoms with van der Waals surface area (Å²) in [5.41, 5.74) is 7.24. The molecule has 9 nitrogen and oxygen atoms in total. The highest BCUT2D eigenvalue weighted by atomic mass is 16.5. The number of primary amides is 1. The molecule has 1 amide bonds. The SMILES string of the molecule is COc1cc(NC2=N[N+]3(c4cccc(C(N)=O)c4)C=CN=CC3=N2)cc(OC)c1. The first-order valence-electron chi connectivity index (χ1n) is 8.74. The van der Waals surface area contributed by atoms with Crippen LogP contribution in [0.1, 0.15) is 10.4 Å². The number of rotatable bonds is 5. The third kappa shape index (κ3) is 3.34. The number of nitrogens with one attached hydrogen (secondary N) is 1. The van der Waals surface area contributed by atoms with Crippen molar-refractivity contribution in [1.29, 1.82) is 0 Å². The molecule has 146 valence electrons. The molecule has 0 radical (unpaired) electrons. The molecule has 0 aliphatic carbocycles. The van der Waals surface area contributed by atoms with Gasteiger partial charge in [0.15, 0.2) is 11.9 Å². The lowest BCUT2D eigenvalue weighted by Gasteiger charge is -2.23. The Kier molecular flexibility index (Phi) is 4.57. The van der Waals surface area contributed by atoms with Crippen molar-refractivity contribution in [1.82, 2.24) is 4.59 Å². The second kappa shape index (κ2) is 7.21. The summed E-state index contributed by atoms with van der Waals surface area (Å²) in [4.78, 5) is 20.3. The fourth-order valence-electron chi connectivity index (χ4n) is 3.09. The molecule has 9 heteroatoms. The number of nitrogens with zero attached hydrogens (tertiary/aromatic N) is 4. The lowest BCUT2D eigenvalue weighted by atomic mass is 10.1. The summed E-state index contributed by atoms with van der Waals surface area (Å²) in [5.74, 6) is 1.71. The van der Waals surface area contributed by atoms with E-state index < -0.39 is 5.91 Å². The number of fused-ring (bicyclic) bond motifs is 1. The molecule has 0 fully saturated rings. The van der Waals surface area contributed by atoms with Crippen molar-refractivity contribution in [2.45, 2.75) is 0 Å². The van der Waals surface area contributed by atoms with Crippen molar-refractivity contribution < 1.29 is 14.3 Å². The minimum absolute atomic E-state index is 0.0615. The molecule has 4 rings (SSSR count). The van der Waals surface area contributed by atoms with Crippen LogP contribution >= 0.6 is 0 Å². The standard InChI is InChI=1S/C20H18N6O3/c1-28-16-9-14(10-17(11-16)29-2)23-20-24-18-12-22-6-7-26(18,25-20)15-5-3-4-13(8-15)19(21)27/h3-12H,1-2H3,(H2-,21,23,25,27)/p+1. The number of nitrogens with two attached hydrogens (primary N) is 1. The first-order valence-corrected chi connectivity index (χ1v) is 8.74. The van der Waals surface area contributed by atoms with Crippen molar-refractivity contribution in [3.05, 3.63) is 60.4 Å². The number of hydrogen-bond donors (Lipinski definition) is 2. The lowest BCUT2D eigenvalue weighted by Crippen LogP contribution is -2.44. The quantitative estimate of drug-likeness (QED) is 0.763. The highest BCUT2D eigenvalue weighted by Gasteiger charge is 2.43. The third-order valence-electron chi connectivity index (χ3n) is 4.51. The van der Waals surface area contributed by atoms with Gasteiger partial charge in [0.2, 0.25) is 5.91 Å². The van der Waals surface area contributed by atoms with Crippen LogP contribution in [-0.2, 0) is 0 Å². The predicted octanol–water partition coefficient (Wildman–Crippen LogP) is 2.46. The van der Waals surface area contributed by atoms with Gasteiger partial charge in [-0.3, -0.25) is 9.79 Å². The molecule has 0 saturated heterocycles. The predicted molar refractivity (Wildman–Crippen MR) is 112 cm³/mol. The van der Waals surface area contributed by atoms with E-state index in [9.17, 15) is 4.79 Å². The van der Waals surface area contributed by atoms with Crippen LogP contribution in [-0.4, -0.2) is 38.1 Å². The molecule has 1 unspecified atom stereocenters. The van der Waals surface area contributed by atoms with Crippen LogP contribution in [0.5, 0.6) is 11.5 Å². The minimum Gasteiger partial charge on any atom is -0.497 e. The average molecular weight is 391 g/mol. The zero-order chi connectivity index (χ0) is 20.4. The number of ether oxygens (including phenoxy) is 2. The summed E-state index contributed by atoms with van der Waals surface area (Å²) in [6, 6.07) is 12.4. The van der Waals surface area contributed by atoms with E-state index in [0.29, 0.717) is 40.2 Å². The zero-order valence-electron chi connectivity index (χ0n) is 15.9. The van der Waals surface area contributed by atoms with Crippen LogP contribution in [0, 0.1) is 0 Å². The Balaban J connectivity index is 1.74. The van der Waals surface area contributed by atoms with Gasteiger partial charge in [-0.1, -0.05) is 10.7 Å². The number of anilines is 1. The number of benzene rings is 2. The monoisotopic (exact) mass is 391 g/mol. The van der Waals surface area contributed by atoms with E-state index in [0.717, 1.165) is 0 Å². The normalized spacial score (nSPS) is 19.2. The molecule has 0 saturated carbocycles. The fourth-order valence-corrected chi connectivity index (χ4v) is 3.09. The number of methoxy groups -OCH3 is 2. The minimum atomic E-state index is -0.511. The number of aliphatic imine (C=N–C) groups is 2. The van der Waals surface area contributed by atoms with Crippen LogP contribution in [0.25, 0.3) is 0 Å². The number of quaternary nitrogens is 1. The number of guanidine groups is 1. The molecule has 2 heterocycles. The van der Waals surface area contributed by atoms with Crippen molar-refractivity contribution in [2.75, 3.05) is 19.5 Å². The number of hydrogen-bond acceptors (Lipinski definition) is 7. The maximum atomic E-state index is 11.6. The summed E-state index contributed by atoms with van der Waals surface area (Å²) in [7, 11) is 3.17. The molecule has 0 bridgehead atoms. The molecule has 2 aliphatic rings. The van der Waals surface area contributed by atoms with Crippen molar-refractivity contribution in [3.8, 4) is 11.5 Å². The van der Waals surface area contributed by atoms with Crippen molar-refractivity contribution in [2.24, 2.45) is 20.8 Å². The van der Waals surface area contributed by atoms with E-state index in [1.54, 1.807) is 57.1 Å². The molecular formula is C20H19N6O3+. The maximum Gasteiger partial charge on any atom is 0.287 e. The summed E-state index contributed by atoms with van der Waals surface area (Å²) in [5, 5.41) is 7.92. The number of carbonyl (C=O) groups is 1. The highest BCUT2D eigenvalue weighted by Crippen LogP contribution is 2.32. The average Bonchev–Trinajstić information content (AvgIpc) is 3.12. The largest absolute Gasteiger partial charge is 0.497 e. The van der Waals surface area contributed by atoms with Gasteiger partial charge in [-0.25, -0.2) is 0 Å². The summed E-state index contributed by atoms with van der Waals surface area (Å²) in [6.45, 7) is 0. The molecular weight excluding hydrogens is 372 g/mol. The van der Waals surface area contributed by atoms with E-state index in [2.05, 4.69) is 15.3 Å². The van der Waals surface area contributed by atoms with Gasteiger partial charge >= 0.3 is 0 Å². The van der Waals surface area contributed by atoms with Gasteiger partial charge in [0, 0.05) is 41.6 Å². The molecule has 2 aromatic rings. The maximum absolute atomic E-state index is 11.6. The molecule has 1 atom stereocenters. The van der Waals surface area contributed by atoms with Gasteiger partial charge in [0.1, 0.15) is 17.7 Å². The zero-order valence-corrected chi connectivity index (χ0v) is 15.9. The van der Waals surface area contributed by atoms with E-state index >= 15 is 0 Å². The Hall–Kier alpha value is -3.98. The summed E-state index contributed by atoms with van der Waals surface area (Å²) < 4.78 is 10.5. The molecule has 0 spiro atoms. The number of carbonyl (C=O) groups excluding carboxylic acids is 1. The second-order valence-electron chi connectivity index (χ2n) is 6.30. The summed E-state index contributed by atoms with van der Waals surface area (Å²) in [6.07, 6.45) is 5.04. The van der Waals surface area contributed by atoms with Gasteiger partial charge in [0.05, 0.1) is 20.4 Å². The molecule has 3 N–H and O–H groups in total. The summed E-state index contributed by atoms with van der Waals surface area (Å²) >= 11 is 0. The van der Waals surface area contributed by atoms with Gasteiger partial charge in [-0.05, 0) is 11.2 Å². The third-order valence-corrected chi connectivity index (χ3v) is 4.51. The second-order valence-corrected chi connectivity index (χ2v) is 6.30. The Labute approximate surface area is 167 Å². The number of amides is 1. The fraction of sp³-hybridized carbons (Fsp3) is 0.100. The van der Waals surface area contributed by atoms with E-state index in [1.807, 2.05) is 18.2 Å². The van der Waals surface area contributed by atoms with Gasteiger partial charge in [-0.2, -0.15) is 4.99 Å². The van der Waals surface area contributed by atoms with Crippen LogP contribution < -0.4 is 25.1 Å². The smallest absolute Gasteiger partial charge is 0.287 e. The molecule has 29 heavy (non-hydrogen) atoms. The topological polar surface area (TPSA) is 111 Å². The molecule has 2 aromatic carbocycles. The Morgan fingerprint density at radius 1 is 1.10 bits per heavy atom. The van der Waals surface area contributed by atoms with Crippen LogP contribution in [0.3, 0.4) is 0 Å². The van der Waals surface area contributed by atoms with Crippen LogP contribution in [0.4, 0.5) is 11.4 Å².